The van der Waals surface area contributed by atoms with E-state index in [-0.39, 0.29) is 83.9 Å². The van der Waals surface area contributed by atoms with E-state index in [1.54, 1.807) is 111 Å². The van der Waals surface area contributed by atoms with Crippen LogP contribution in [0.5, 0.6) is 0 Å². The lowest BCUT2D eigenvalue weighted by atomic mass is 10.0. The van der Waals surface area contributed by atoms with Crippen molar-refractivity contribution in [3.63, 3.8) is 0 Å². The minimum Gasteiger partial charge on any atom is -0.478 e. The van der Waals surface area contributed by atoms with Crippen molar-refractivity contribution < 1.29 is 71.1 Å². The van der Waals surface area contributed by atoms with Crippen molar-refractivity contribution >= 4 is 51.6 Å². The highest BCUT2D eigenvalue weighted by Crippen LogP contribution is 2.20. The summed E-state index contributed by atoms with van der Waals surface area (Å²) in [7, 11) is 2.66. The number of esters is 2. The largest absolute Gasteiger partial charge is 0.478 e. The van der Waals surface area contributed by atoms with Gasteiger partial charge in [-0.3, -0.25) is 14.4 Å². The number of amides is 3. The van der Waals surface area contributed by atoms with E-state index in [0.717, 1.165) is 38.7 Å². The Labute approximate surface area is 498 Å². The normalized spacial score (nSPS) is 12.9. The molecule has 0 fully saturated rings. The molecule has 0 radical (unpaired) electrons. The Balaban J connectivity index is 0.000000310. The third kappa shape index (κ3) is 24.2. The van der Waals surface area contributed by atoms with Crippen LogP contribution in [0.4, 0.5) is 13.2 Å². The number of carbonyl (C=O) groups excluding carboxylic acids is 5. The zero-order valence-corrected chi connectivity index (χ0v) is 50.7. The lowest BCUT2D eigenvalue weighted by Crippen LogP contribution is -2.40. The minimum absolute atomic E-state index is 0.0330. The van der Waals surface area contributed by atoms with Crippen LogP contribution in [0.2, 0.25) is 0 Å². The molecule has 0 aromatic heterocycles. The van der Waals surface area contributed by atoms with E-state index in [0.29, 0.717) is 11.1 Å². The number of benzene rings is 6. The second-order valence-electron chi connectivity index (χ2n) is 20.5. The van der Waals surface area contributed by atoms with Gasteiger partial charge in [-0.05, 0) is 145 Å². The molecule has 19 heteroatoms. The minimum atomic E-state index is -1.02. The van der Waals surface area contributed by atoms with Crippen LogP contribution in [0.25, 0.3) is 0 Å². The van der Waals surface area contributed by atoms with Crippen LogP contribution in [0, 0.1) is 35.2 Å². The van der Waals surface area contributed by atoms with Crippen LogP contribution in [-0.4, -0.2) is 78.4 Å². The van der Waals surface area contributed by atoms with E-state index in [1.165, 1.54) is 62.8 Å². The molecule has 6 aromatic carbocycles. The lowest BCUT2D eigenvalue weighted by molar-refractivity contribution is -0.138. The van der Waals surface area contributed by atoms with Gasteiger partial charge in [0.25, 0.3) is 0 Å². The molecule has 0 aliphatic carbocycles. The topological polar surface area (TPSA) is 216 Å². The van der Waals surface area contributed by atoms with Gasteiger partial charge in [0, 0.05) is 5.33 Å². The summed E-state index contributed by atoms with van der Waals surface area (Å²) in [5.74, 6) is -3.69. The molecular formula is C65H77BrF3N3O12. The Kier molecular flexibility index (Phi) is 30.3. The number of methoxy groups -OCH3 is 2. The van der Waals surface area contributed by atoms with Gasteiger partial charge in [-0.2, -0.15) is 0 Å². The summed E-state index contributed by atoms with van der Waals surface area (Å²) in [6, 6.07) is 37.6. The quantitative estimate of drug-likeness (QED) is 0.0317. The summed E-state index contributed by atoms with van der Waals surface area (Å²) in [6.07, 6.45) is -2.32. The number of alkyl halides is 1. The fraction of sp³-hybridized carbons (Fsp3) is 0.354. The van der Waals surface area contributed by atoms with E-state index in [4.69, 9.17) is 14.6 Å². The molecule has 0 saturated heterocycles. The highest BCUT2D eigenvalue weighted by molar-refractivity contribution is 9.08. The van der Waals surface area contributed by atoms with Crippen LogP contribution < -0.4 is 16.0 Å². The number of aliphatic hydroxyl groups is 1. The molecule has 0 unspecified atom stereocenters. The van der Waals surface area contributed by atoms with E-state index in [1.807, 2.05) is 48.5 Å². The molecule has 3 amide bonds. The molecule has 0 aliphatic heterocycles. The van der Waals surface area contributed by atoms with Crippen LogP contribution in [0.3, 0.4) is 0 Å². The van der Waals surface area contributed by atoms with Gasteiger partial charge in [0.2, 0.25) is 17.7 Å². The monoisotopic (exact) mass is 1230 g/mol. The molecule has 0 heterocycles. The number of hydrogen-bond donors (Lipinski definition) is 5. The van der Waals surface area contributed by atoms with Gasteiger partial charge in [-0.15, -0.1) is 0 Å². The standard InChI is InChI=1S/C22H26FNO4.C21H24FNO4.C15H21NO4.C7H6BrF/c1-14(2)20(28-13-16-5-11-19(23)12-6-16)21(25)24-15(3)17-7-9-18(10-8-17)22(26)27-4;1-13(2)19(27-12-15-4-10-18(22)11-5-15)20(24)23-14(3)16-6-8-17(9-7-16)21(25)26;1-9(2)13(17)14(18)16-10(3)11-5-7-12(8-6-11)15(19)20-4;8-5-6-1-3-7(9)4-2-6/h5-12,14-15,20H,13H2,1-4H3,(H,24,25);4-11,13-14,19H,12H2,1-3H3,(H,23,24)(H,25,26);5-10,13,17H,1-4H3,(H,16,18);1-4H,5H2/t15-,20+;14-,19+;10-,13+;/m000./s1. The first-order chi connectivity index (χ1) is 39.8. The van der Waals surface area contributed by atoms with Gasteiger partial charge in [0.15, 0.2) is 0 Å². The predicted octanol–water partition coefficient (Wildman–Crippen LogP) is 12.4. The van der Waals surface area contributed by atoms with E-state index in [2.05, 4.69) is 41.4 Å². The highest BCUT2D eigenvalue weighted by atomic mass is 79.9. The Bertz CT molecular complexity index is 2980. The fourth-order valence-electron chi connectivity index (χ4n) is 7.66. The van der Waals surface area contributed by atoms with Crippen molar-refractivity contribution in [2.75, 3.05) is 14.2 Å². The summed E-state index contributed by atoms with van der Waals surface area (Å²) in [4.78, 5) is 70.8. The number of hydrogen-bond acceptors (Lipinski definition) is 11. The van der Waals surface area contributed by atoms with Crippen molar-refractivity contribution in [3.05, 3.63) is 213 Å². The molecule has 84 heavy (non-hydrogen) atoms. The van der Waals surface area contributed by atoms with Gasteiger partial charge in [0.1, 0.15) is 35.8 Å². The van der Waals surface area contributed by atoms with Crippen LogP contribution in [0.15, 0.2) is 146 Å². The second-order valence-corrected chi connectivity index (χ2v) is 21.1. The van der Waals surface area contributed by atoms with E-state index >= 15 is 0 Å². The summed E-state index contributed by atoms with van der Waals surface area (Å²) < 4.78 is 59.1. The van der Waals surface area contributed by atoms with E-state index in [9.17, 15) is 47.0 Å². The second kappa shape index (κ2) is 36.1. The third-order valence-electron chi connectivity index (χ3n) is 12.8. The number of halogens is 4. The predicted molar refractivity (Wildman–Crippen MR) is 318 cm³/mol. The number of rotatable bonds is 22. The molecule has 5 N–H and O–H groups in total. The molecule has 6 rings (SSSR count). The van der Waals surface area contributed by atoms with Crippen LogP contribution in [-0.2, 0) is 51.9 Å². The first-order valence-electron chi connectivity index (χ1n) is 27.1. The molecular weight excluding hydrogens is 1150 g/mol. The smallest absolute Gasteiger partial charge is 0.337 e. The van der Waals surface area contributed by atoms with Crippen molar-refractivity contribution in [1.82, 2.24) is 16.0 Å². The SMILES string of the molecule is CC(C)[C@@H](OCc1ccc(F)cc1)C(=O)N[C@@H](C)c1ccc(C(=O)O)cc1.COC(=O)c1ccc([C@H](C)NC(=O)[C@H](O)C(C)C)cc1.COC(=O)c1ccc([C@H](C)NC(=O)[C@H](OCc2ccc(F)cc2)C(C)C)cc1.Fc1ccc(CBr)cc1. The number of nitrogens with one attached hydrogen (secondary N) is 3. The van der Waals surface area contributed by atoms with Crippen molar-refractivity contribution in [2.45, 2.75) is 117 Å². The Hall–Kier alpha value is -7.71. The average molecular weight is 1230 g/mol. The molecule has 452 valence electrons. The third-order valence-corrected chi connectivity index (χ3v) is 13.4. The molecule has 6 atom stereocenters. The molecule has 0 spiro atoms. The zero-order chi connectivity index (χ0) is 62.6. The molecule has 0 bridgehead atoms. The Morgan fingerprint density at radius 1 is 0.429 bits per heavy atom. The van der Waals surface area contributed by atoms with Crippen LogP contribution in [0.1, 0.15) is 145 Å². The average Bonchev–Trinajstić information content (AvgIpc) is 3.53. The number of carboxylic acid groups (broad SMARTS) is 1. The summed E-state index contributed by atoms with van der Waals surface area (Å²) in [5, 5.41) is 28.0. The summed E-state index contributed by atoms with van der Waals surface area (Å²) in [6.45, 7) is 17.1. The fourth-order valence-corrected chi connectivity index (χ4v) is 8.03. The number of ether oxygens (including phenoxy) is 4. The Morgan fingerprint density at radius 2 is 0.714 bits per heavy atom. The lowest BCUT2D eigenvalue weighted by Gasteiger charge is -2.23. The molecule has 15 nitrogen and oxygen atoms in total. The van der Waals surface area contributed by atoms with Gasteiger partial charge in [0.05, 0.1) is 62.2 Å². The maximum Gasteiger partial charge on any atom is 0.337 e. The summed E-state index contributed by atoms with van der Waals surface area (Å²) in [5.41, 5.74) is 6.29. The molecule has 0 aliphatic rings. The number of carboxylic acids is 1. The number of aromatic carboxylic acids is 1. The number of carbonyl (C=O) groups is 6. The van der Waals surface area contributed by atoms with Gasteiger partial charge in [-0.25, -0.2) is 27.6 Å². The van der Waals surface area contributed by atoms with Crippen molar-refractivity contribution in [3.8, 4) is 0 Å². The molecule has 0 saturated carbocycles. The zero-order valence-electron chi connectivity index (χ0n) is 49.2. The molecule has 6 aromatic rings. The summed E-state index contributed by atoms with van der Waals surface area (Å²) >= 11 is 3.26. The first-order valence-corrected chi connectivity index (χ1v) is 28.2. The maximum absolute atomic E-state index is 13.0. The number of aliphatic hydroxyl groups excluding tert-OH is 1. The van der Waals surface area contributed by atoms with Crippen LogP contribution >= 0.6 is 15.9 Å². The maximum atomic E-state index is 13.0. The van der Waals surface area contributed by atoms with Gasteiger partial charge >= 0.3 is 17.9 Å². The van der Waals surface area contributed by atoms with Gasteiger partial charge < -0.3 is 45.1 Å². The van der Waals surface area contributed by atoms with E-state index < -0.39 is 42.1 Å². The van der Waals surface area contributed by atoms with Gasteiger partial charge in [-0.1, -0.05) is 130 Å². The highest BCUT2D eigenvalue weighted by Gasteiger charge is 2.27. The van der Waals surface area contributed by atoms with Crippen molar-refractivity contribution in [1.29, 1.82) is 0 Å². The van der Waals surface area contributed by atoms with Crippen molar-refractivity contribution in [2.24, 2.45) is 17.8 Å². The Morgan fingerprint density at radius 3 is 0.976 bits per heavy atom. The first kappa shape index (κ1) is 70.6.